The molecule has 0 bridgehead atoms. The van der Waals surface area contributed by atoms with E-state index in [0.29, 0.717) is 54.0 Å². The highest BCUT2D eigenvalue weighted by Crippen LogP contribution is 2.41. The summed E-state index contributed by atoms with van der Waals surface area (Å²) in [6, 6.07) is 6.24. The molecule has 204 valence electrons. The summed E-state index contributed by atoms with van der Waals surface area (Å²) in [4.78, 5) is 23.6. The van der Waals surface area contributed by atoms with Crippen LogP contribution in [0.25, 0.3) is 22.2 Å². The van der Waals surface area contributed by atoms with Gasteiger partial charge in [0.05, 0.1) is 36.0 Å². The Morgan fingerprint density at radius 3 is 2.74 bits per heavy atom. The number of nitrogens with one attached hydrogen (secondary N) is 3. The Hall–Kier alpha value is -3.44. The van der Waals surface area contributed by atoms with Crippen molar-refractivity contribution < 1.29 is 22.7 Å². The minimum Gasteiger partial charge on any atom is -0.373 e. The lowest BCUT2D eigenvalue weighted by Gasteiger charge is -2.43. The Morgan fingerprint density at radius 1 is 1.05 bits per heavy atom. The first-order chi connectivity index (χ1) is 18.9. The number of nitrogens with zero attached hydrogens (tertiary/aromatic N) is 3. The molecule has 0 spiro atoms. The second-order valence-corrected chi connectivity index (χ2v) is 10.9. The number of aromatic nitrogens is 2. The van der Waals surface area contributed by atoms with Crippen molar-refractivity contribution in [3.8, 4) is 11.1 Å². The van der Waals surface area contributed by atoms with E-state index in [9.17, 15) is 13.6 Å². The van der Waals surface area contributed by atoms with E-state index in [2.05, 4.69) is 25.8 Å². The Kier molecular flexibility index (Phi) is 6.07. The van der Waals surface area contributed by atoms with Gasteiger partial charge in [0.2, 0.25) is 0 Å². The molecule has 1 aromatic carbocycles. The van der Waals surface area contributed by atoms with Crippen LogP contribution in [0.5, 0.6) is 0 Å². The van der Waals surface area contributed by atoms with Crippen molar-refractivity contribution in [1.82, 2.24) is 25.9 Å². The first-order valence-corrected chi connectivity index (χ1v) is 13.5. The van der Waals surface area contributed by atoms with E-state index in [1.165, 1.54) is 12.1 Å². The number of ether oxygens (including phenoxy) is 1. The maximum atomic E-state index is 15.1. The van der Waals surface area contributed by atoms with Gasteiger partial charge in [0, 0.05) is 55.1 Å². The number of carbonyl (C=O) groups is 1. The molecule has 2 amide bonds. The number of benzene rings is 1. The highest BCUT2D eigenvalue weighted by atomic mass is 19.1. The third-order valence-corrected chi connectivity index (χ3v) is 8.50. The molecular weight excluding hydrogens is 509 g/mol. The van der Waals surface area contributed by atoms with Crippen molar-refractivity contribution in [3.63, 3.8) is 0 Å². The number of urea groups is 1. The summed E-state index contributed by atoms with van der Waals surface area (Å²) in [7, 11) is 0. The predicted molar refractivity (Wildman–Crippen MR) is 139 cm³/mol. The van der Waals surface area contributed by atoms with Crippen LogP contribution in [-0.4, -0.2) is 72.6 Å². The minimum absolute atomic E-state index is 0.0305. The van der Waals surface area contributed by atoms with Gasteiger partial charge in [-0.05, 0) is 49.1 Å². The predicted octanol–water partition coefficient (Wildman–Crippen LogP) is 3.41. The molecule has 1 saturated carbocycles. The van der Waals surface area contributed by atoms with Crippen molar-refractivity contribution >= 4 is 22.8 Å². The fraction of sp³-hybridized carbons (Fsp3) is 0.464. The first kappa shape index (κ1) is 24.6. The number of rotatable bonds is 3. The molecule has 1 aliphatic carbocycles. The molecule has 5 heterocycles. The molecule has 4 aliphatic rings. The molecule has 3 saturated heterocycles. The zero-order chi connectivity index (χ0) is 26.7. The second kappa shape index (κ2) is 9.63. The number of piperidine rings is 1. The molecule has 4 fully saturated rings. The topological polar surface area (TPSA) is 91.4 Å². The first-order valence-electron chi connectivity index (χ1n) is 13.5. The van der Waals surface area contributed by atoms with Gasteiger partial charge >= 0.3 is 6.03 Å². The number of hydrogen-bond acceptors (Lipinski definition) is 6. The molecule has 11 heteroatoms. The van der Waals surface area contributed by atoms with Gasteiger partial charge in [0.25, 0.3) is 0 Å². The third-order valence-electron chi connectivity index (χ3n) is 8.50. The molecule has 2 aromatic heterocycles. The van der Waals surface area contributed by atoms with Crippen molar-refractivity contribution in [2.45, 2.75) is 55.6 Å². The van der Waals surface area contributed by atoms with Crippen molar-refractivity contribution in [2.75, 3.05) is 31.1 Å². The number of hydrogen-bond donors (Lipinski definition) is 3. The van der Waals surface area contributed by atoms with Crippen molar-refractivity contribution in [1.29, 1.82) is 0 Å². The fourth-order valence-electron chi connectivity index (χ4n) is 6.68. The SMILES string of the molecule is O=C1NC2CC(c3ccc4ncc(-c5cc(F)cc(F)c5)c(N5CC[C@@H]6NCCO[C@H]6C5)c4n3)CC(F)C2N1. The van der Waals surface area contributed by atoms with Gasteiger partial charge in [0.1, 0.15) is 23.3 Å². The van der Waals surface area contributed by atoms with Crippen LogP contribution in [-0.2, 0) is 4.74 Å². The van der Waals surface area contributed by atoms with E-state index >= 15 is 4.39 Å². The molecule has 8 nitrogen and oxygen atoms in total. The summed E-state index contributed by atoms with van der Waals surface area (Å²) in [5.74, 6) is -1.55. The van der Waals surface area contributed by atoms with Gasteiger partial charge in [-0.3, -0.25) is 4.98 Å². The molecule has 6 atom stereocenters. The number of morpholine rings is 1. The summed E-state index contributed by atoms with van der Waals surface area (Å²) in [5, 5.41) is 9.02. The normalized spacial score (nSPS) is 30.4. The van der Waals surface area contributed by atoms with Crippen LogP contribution in [0.3, 0.4) is 0 Å². The maximum absolute atomic E-state index is 15.1. The number of anilines is 1. The van der Waals surface area contributed by atoms with E-state index < -0.39 is 23.8 Å². The lowest BCUT2D eigenvalue weighted by molar-refractivity contribution is -0.00897. The summed E-state index contributed by atoms with van der Waals surface area (Å²) in [6.45, 7) is 2.72. The van der Waals surface area contributed by atoms with Crippen molar-refractivity contribution in [2.24, 2.45) is 0 Å². The highest BCUT2D eigenvalue weighted by Gasteiger charge is 2.44. The van der Waals surface area contributed by atoms with E-state index in [4.69, 9.17) is 9.72 Å². The Labute approximate surface area is 223 Å². The second-order valence-electron chi connectivity index (χ2n) is 10.9. The number of pyridine rings is 2. The maximum Gasteiger partial charge on any atom is 0.315 e. The van der Waals surface area contributed by atoms with E-state index in [1.807, 2.05) is 12.1 Å². The Bertz CT molecular complexity index is 1420. The zero-order valence-electron chi connectivity index (χ0n) is 21.2. The highest BCUT2D eigenvalue weighted by molar-refractivity contribution is 5.97. The molecule has 0 radical (unpaired) electrons. The summed E-state index contributed by atoms with van der Waals surface area (Å²) in [5.41, 5.74) is 3.63. The Morgan fingerprint density at radius 2 is 1.90 bits per heavy atom. The van der Waals surface area contributed by atoms with Crippen LogP contribution in [0.1, 0.15) is 30.9 Å². The van der Waals surface area contributed by atoms with Crippen LogP contribution in [0.2, 0.25) is 0 Å². The smallest absolute Gasteiger partial charge is 0.315 e. The van der Waals surface area contributed by atoms with Gasteiger partial charge in [0.15, 0.2) is 0 Å². The van der Waals surface area contributed by atoms with Crippen LogP contribution in [0, 0.1) is 11.6 Å². The average Bonchev–Trinajstić information content (AvgIpc) is 3.32. The molecule has 3 aliphatic heterocycles. The molecule has 3 N–H and O–H groups in total. The van der Waals surface area contributed by atoms with Crippen LogP contribution < -0.4 is 20.9 Å². The number of carbonyl (C=O) groups excluding carboxylic acids is 1. The fourth-order valence-corrected chi connectivity index (χ4v) is 6.68. The standard InChI is InChI=1S/C28H29F3N6O2/c29-16-7-14(8-17(30)11-16)18-12-33-22-2-1-20(15-9-19(31)25-23(10-15)35-28(38)36-25)34-26(22)27(18)37-5-3-21-24(13-37)39-6-4-32-21/h1-2,7-8,11-12,15,19,21,23-25,32H,3-6,9-10,13H2,(H2,35,36,38)/t15?,19?,21-,23?,24-,25?/m0/s1. The Balaban J connectivity index is 1.33. The number of halogens is 3. The van der Waals surface area contributed by atoms with Gasteiger partial charge < -0.3 is 25.6 Å². The summed E-state index contributed by atoms with van der Waals surface area (Å²) < 4.78 is 49.7. The molecule has 39 heavy (non-hydrogen) atoms. The lowest BCUT2D eigenvalue weighted by Crippen LogP contribution is -2.57. The molecule has 7 rings (SSSR count). The third kappa shape index (κ3) is 4.47. The van der Waals surface area contributed by atoms with E-state index in [1.54, 1.807) is 6.20 Å². The zero-order valence-corrected chi connectivity index (χ0v) is 21.2. The monoisotopic (exact) mass is 538 g/mol. The summed E-state index contributed by atoms with van der Waals surface area (Å²) >= 11 is 0. The van der Waals surface area contributed by atoms with Crippen LogP contribution in [0.4, 0.5) is 23.7 Å². The molecule has 4 unspecified atom stereocenters. The van der Waals surface area contributed by atoms with Gasteiger partial charge in [-0.15, -0.1) is 0 Å². The molecular formula is C28H29F3N6O2. The van der Waals surface area contributed by atoms with Crippen molar-refractivity contribution in [3.05, 3.63) is 53.9 Å². The number of alkyl halides is 1. The van der Waals surface area contributed by atoms with Gasteiger partial charge in [-0.2, -0.15) is 0 Å². The largest absolute Gasteiger partial charge is 0.373 e. The minimum atomic E-state index is -1.20. The van der Waals surface area contributed by atoms with Crippen LogP contribution in [0.15, 0.2) is 36.5 Å². The molecule has 3 aromatic rings. The van der Waals surface area contributed by atoms with Crippen LogP contribution >= 0.6 is 0 Å². The number of amides is 2. The van der Waals surface area contributed by atoms with E-state index in [-0.39, 0.29) is 36.6 Å². The van der Waals surface area contributed by atoms with Gasteiger partial charge in [-0.25, -0.2) is 22.9 Å². The average molecular weight is 539 g/mol. The quantitative estimate of drug-likeness (QED) is 0.474. The lowest BCUT2D eigenvalue weighted by atomic mass is 9.80. The summed E-state index contributed by atoms with van der Waals surface area (Å²) in [6.07, 6.45) is 2.06. The van der Waals surface area contributed by atoms with E-state index in [0.717, 1.165) is 24.7 Å². The number of fused-ring (bicyclic) bond motifs is 3. The van der Waals surface area contributed by atoms with Gasteiger partial charge in [-0.1, -0.05) is 0 Å².